The second-order valence-corrected chi connectivity index (χ2v) is 5.09. The number of hydrogen-bond acceptors (Lipinski definition) is 4. The van der Waals surface area contributed by atoms with Crippen LogP contribution < -0.4 is 10.5 Å². The van der Waals surface area contributed by atoms with Crippen molar-refractivity contribution in [1.82, 2.24) is 0 Å². The van der Waals surface area contributed by atoms with Crippen molar-refractivity contribution >= 4 is 11.9 Å². The predicted octanol–water partition coefficient (Wildman–Crippen LogP) is 2.07. The molecule has 1 atom stereocenters. The zero-order valence-corrected chi connectivity index (χ0v) is 12.9. The third-order valence-corrected chi connectivity index (χ3v) is 3.26. The first-order valence-electron chi connectivity index (χ1n) is 7.29. The van der Waals surface area contributed by atoms with Gasteiger partial charge in [0.1, 0.15) is 5.75 Å². The maximum absolute atomic E-state index is 11.6. The highest BCUT2D eigenvalue weighted by Gasteiger charge is 2.15. The number of para-hydroxylation sites is 1. The van der Waals surface area contributed by atoms with Crippen LogP contribution in [0.1, 0.15) is 18.1 Å². The second kappa shape index (κ2) is 7.98. The molecule has 2 aromatic carbocycles. The molecule has 2 rings (SSSR count). The van der Waals surface area contributed by atoms with Gasteiger partial charge in [-0.3, -0.25) is 4.79 Å². The first kappa shape index (κ1) is 16.5. The van der Waals surface area contributed by atoms with Gasteiger partial charge in [-0.05, 0) is 24.1 Å². The molecule has 0 spiro atoms. The van der Waals surface area contributed by atoms with E-state index in [1.54, 1.807) is 6.07 Å². The van der Waals surface area contributed by atoms with Crippen LogP contribution in [0.3, 0.4) is 0 Å². The summed E-state index contributed by atoms with van der Waals surface area (Å²) in [4.78, 5) is 22.5. The lowest BCUT2D eigenvalue weighted by atomic mass is 10.0. The van der Waals surface area contributed by atoms with Gasteiger partial charge >= 0.3 is 5.97 Å². The molecule has 0 heterocycles. The Bertz CT molecular complexity index is 670. The third kappa shape index (κ3) is 5.14. The zero-order valence-electron chi connectivity index (χ0n) is 12.9. The largest absolute Gasteiger partial charge is 0.482 e. The number of benzene rings is 2. The maximum atomic E-state index is 11.6. The zero-order chi connectivity index (χ0) is 16.7. The number of ether oxygens (including phenoxy) is 2. The molecule has 0 unspecified atom stereocenters. The van der Waals surface area contributed by atoms with Gasteiger partial charge in [-0.15, -0.1) is 0 Å². The van der Waals surface area contributed by atoms with Crippen molar-refractivity contribution in [3.05, 3.63) is 65.7 Å². The Morgan fingerprint density at radius 2 is 1.70 bits per heavy atom. The summed E-state index contributed by atoms with van der Waals surface area (Å²) in [6, 6.07) is 17.5. The number of amides is 1. The van der Waals surface area contributed by atoms with Crippen LogP contribution in [0, 0.1) is 0 Å². The average molecular weight is 313 g/mol. The summed E-state index contributed by atoms with van der Waals surface area (Å²) in [5.74, 6) is -0.714. The van der Waals surface area contributed by atoms with Gasteiger partial charge in [0.05, 0.1) is 0 Å². The van der Waals surface area contributed by atoms with E-state index in [1.165, 1.54) is 6.92 Å². The Balaban J connectivity index is 1.98. The lowest BCUT2D eigenvalue weighted by Gasteiger charge is -2.13. The number of primary amides is 1. The number of hydrogen-bond donors (Lipinski definition) is 1. The monoisotopic (exact) mass is 313 g/mol. The van der Waals surface area contributed by atoms with Gasteiger partial charge in [-0.1, -0.05) is 48.5 Å². The minimum atomic E-state index is -0.967. The van der Waals surface area contributed by atoms with Crippen molar-refractivity contribution in [1.29, 1.82) is 0 Å². The second-order valence-electron chi connectivity index (χ2n) is 5.09. The third-order valence-electron chi connectivity index (χ3n) is 3.26. The van der Waals surface area contributed by atoms with Gasteiger partial charge in [0, 0.05) is 6.42 Å². The molecule has 0 aliphatic heterocycles. The lowest BCUT2D eigenvalue weighted by molar-refractivity contribution is -0.155. The Morgan fingerprint density at radius 1 is 1.04 bits per heavy atom. The van der Waals surface area contributed by atoms with E-state index in [1.807, 2.05) is 48.5 Å². The fraction of sp³-hybridized carbons (Fsp3) is 0.222. The van der Waals surface area contributed by atoms with Crippen LogP contribution in [-0.4, -0.2) is 24.6 Å². The standard InChI is InChI=1S/C18H19NO4/c1-13(18(19)21)23-17(20)12-22-16-10-6-5-9-15(16)11-14-7-3-2-4-8-14/h2-10,13H,11-12H2,1H3,(H2,19,21)/t13-/m1/s1. The highest BCUT2D eigenvalue weighted by Crippen LogP contribution is 2.21. The summed E-state index contributed by atoms with van der Waals surface area (Å²) in [5, 5.41) is 0. The summed E-state index contributed by atoms with van der Waals surface area (Å²) in [6.45, 7) is 1.15. The van der Waals surface area contributed by atoms with Crippen LogP contribution in [0.2, 0.25) is 0 Å². The first-order valence-corrected chi connectivity index (χ1v) is 7.29. The van der Waals surface area contributed by atoms with Crippen LogP contribution in [0.15, 0.2) is 54.6 Å². The van der Waals surface area contributed by atoms with Gasteiger partial charge in [-0.25, -0.2) is 4.79 Å². The molecule has 2 N–H and O–H groups in total. The van der Waals surface area contributed by atoms with Crippen molar-refractivity contribution in [2.75, 3.05) is 6.61 Å². The van der Waals surface area contributed by atoms with Crippen molar-refractivity contribution in [3.63, 3.8) is 0 Å². The van der Waals surface area contributed by atoms with Gasteiger partial charge in [0.25, 0.3) is 5.91 Å². The summed E-state index contributed by atoms with van der Waals surface area (Å²) in [7, 11) is 0. The predicted molar refractivity (Wildman–Crippen MR) is 85.9 cm³/mol. The molecule has 0 aromatic heterocycles. The van der Waals surface area contributed by atoms with Crippen molar-refractivity contribution in [2.24, 2.45) is 5.73 Å². The molecule has 0 bridgehead atoms. The number of carbonyl (C=O) groups is 2. The molecule has 5 nitrogen and oxygen atoms in total. The molecule has 2 aromatic rings. The molecule has 1 amide bonds. The molecule has 120 valence electrons. The fourth-order valence-electron chi connectivity index (χ4n) is 2.03. The molecular weight excluding hydrogens is 294 g/mol. The Hall–Kier alpha value is -2.82. The van der Waals surface area contributed by atoms with E-state index < -0.39 is 18.0 Å². The van der Waals surface area contributed by atoms with E-state index in [0.29, 0.717) is 12.2 Å². The van der Waals surface area contributed by atoms with Gasteiger partial charge in [0.15, 0.2) is 12.7 Å². The Kier molecular flexibility index (Phi) is 5.74. The number of carbonyl (C=O) groups excluding carboxylic acids is 2. The maximum Gasteiger partial charge on any atom is 0.344 e. The molecule has 0 aliphatic carbocycles. The topological polar surface area (TPSA) is 78.6 Å². The molecule has 0 aliphatic rings. The average Bonchev–Trinajstić information content (AvgIpc) is 2.55. The lowest BCUT2D eigenvalue weighted by Crippen LogP contribution is -2.32. The SMILES string of the molecule is C[C@@H](OC(=O)COc1ccccc1Cc1ccccc1)C(N)=O. The van der Waals surface area contributed by atoms with Gasteiger partial charge in [-0.2, -0.15) is 0 Å². The van der Waals surface area contributed by atoms with E-state index in [9.17, 15) is 9.59 Å². The van der Waals surface area contributed by atoms with Crippen LogP contribution in [0.5, 0.6) is 5.75 Å². The van der Waals surface area contributed by atoms with Crippen molar-refractivity contribution in [2.45, 2.75) is 19.4 Å². The molecule has 0 saturated heterocycles. The van der Waals surface area contributed by atoms with Gasteiger partial charge < -0.3 is 15.2 Å². The number of esters is 1. The summed E-state index contributed by atoms with van der Waals surface area (Å²) < 4.78 is 10.4. The molecule has 0 fully saturated rings. The Morgan fingerprint density at radius 3 is 2.39 bits per heavy atom. The number of rotatable bonds is 7. The first-order chi connectivity index (χ1) is 11.1. The van der Waals surface area contributed by atoms with Crippen LogP contribution in [-0.2, 0) is 20.7 Å². The van der Waals surface area contributed by atoms with E-state index in [2.05, 4.69) is 0 Å². The number of nitrogens with two attached hydrogens (primary N) is 1. The summed E-state index contributed by atoms with van der Waals surface area (Å²) >= 11 is 0. The van der Waals surface area contributed by atoms with E-state index in [0.717, 1.165) is 11.1 Å². The smallest absolute Gasteiger partial charge is 0.344 e. The fourth-order valence-corrected chi connectivity index (χ4v) is 2.03. The van der Waals surface area contributed by atoms with Crippen LogP contribution >= 0.6 is 0 Å². The molecule has 0 saturated carbocycles. The van der Waals surface area contributed by atoms with Crippen molar-refractivity contribution < 1.29 is 19.1 Å². The molecule has 0 radical (unpaired) electrons. The van der Waals surface area contributed by atoms with E-state index >= 15 is 0 Å². The van der Waals surface area contributed by atoms with Crippen LogP contribution in [0.25, 0.3) is 0 Å². The van der Waals surface area contributed by atoms with E-state index in [-0.39, 0.29) is 6.61 Å². The summed E-state index contributed by atoms with van der Waals surface area (Å²) in [5.41, 5.74) is 7.16. The minimum Gasteiger partial charge on any atom is -0.482 e. The molecule has 23 heavy (non-hydrogen) atoms. The van der Waals surface area contributed by atoms with Crippen LogP contribution in [0.4, 0.5) is 0 Å². The normalized spacial score (nSPS) is 11.5. The minimum absolute atomic E-state index is 0.274. The van der Waals surface area contributed by atoms with E-state index in [4.69, 9.17) is 15.2 Å². The quantitative estimate of drug-likeness (QED) is 0.794. The highest BCUT2D eigenvalue weighted by atomic mass is 16.6. The summed E-state index contributed by atoms with van der Waals surface area (Å²) in [6.07, 6.45) is -0.269. The van der Waals surface area contributed by atoms with Crippen molar-refractivity contribution in [3.8, 4) is 5.75 Å². The highest BCUT2D eigenvalue weighted by molar-refractivity contribution is 5.82. The Labute approximate surface area is 135 Å². The molecular formula is C18H19NO4. The molecule has 5 heteroatoms. The van der Waals surface area contributed by atoms with Gasteiger partial charge in [0.2, 0.25) is 0 Å².